The van der Waals surface area contributed by atoms with Crippen molar-refractivity contribution >= 4 is 10.8 Å². The number of nitrogens with zero attached hydrogens (tertiary/aromatic N) is 1. The van der Waals surface area contributed by atoms with E-state index in [1.54, 1.807) is 0 Å². The van der Waals surface area contributed by atoms with Gasteiger partial charge in [-0.2, -0.15) is 5.48 Å². The molecule has 0 saturated heterocycles. The number of pyridine rings is 1. The van der Waals surface area contributed by atoms with Crippen LogP contribution in [0.5, 0.6) is 0 Å². The van der Waals surface area contributed by atoms with Crippen LogP contribution in [0.3, 0.4) is 0 Å². The minimum Gasteiger partial charge on any atom is -0.316 e. The van der Waals surface area contributed by atoms with Crippen LogP contribution in [0.1, 0.15) is 5.69 Å². The first-order valence-electron chi connectivity index (χ1n) is 4.11. The zero-order chi connectivity index (χ0) is 9.10. The third kappa shape index (κ3) is 1.66. The Morgan fingerprint density at radius 2 is 2.00 bits per heavy atom. The molecule has 2 rings (SSSR count). The Bertz CT molecular complexity index is 414. The Hall–Kier alpha value is -1.45. The second-order valence-electron chi connectivity index (χ2n) is 2.86. The summed E-state index contributed by atoms with van der Waals surface area (Å²) in [6.07, 6.45) is 1.81. The van der Waals surface area contributed by atoms with Gasteiger partial charge in [-0.05, 0) is 11.5 Å². The molecule has 3 heteroatoms. The van der Waals surface area contributed by atoms with Gasteiger partial charge in [-0.1, -0.05) is 24.3 Å². The normalized spacial score (nSPS) is 10.5. The van der Waals surface area contributed by atoms with Crippen molar-refractivity contribution in [2.75, 3.05) is 0 Å². The molecule has 0 bridgehead atoms. The third-order valence-electron chi connectivity index (χ3n) is 1.95. The Kier molecular flexibility index (Phi) is 2.21. The summed E-state index contributed by atoms with van der Waals surface area (Å²) in [5.74, 6) is 0. The molecule has 0 atom stereocenters. The van der Waals surface area contributed by atoms with Gasteiger partial charge in [-0.15, -0.1) is 0 Å². The maximum Gasteiger partial charge on any atom is 0.0631 e. The highest BCUT2D eigenvalue weighted by Crippen LogP contribution is 2.12. The number of fused-ring (bicyclic) bond motifs is 1. The van der Waals surface area contributed by atoms with Crippen LogP contribution in [-0.2, 0) is 6.54 Å². The lowest BCUT2D eigenvalue weighted by Crippen LogP contribution is -2.07. The summed E-state index contributed by atoms with van der Waals surface area (Å²) in [6, 6.07) is 9.96. The van der Waals surface area contributed by atoms with Crippen molar-refractivity contribution in [2.24, 2.45) is 0 Å². The molecule has 0 spiro atoms. The zero-order valence-electron chi connectivity index (χ0n) is 7.07. The summed E-state index contributed by atoms with van der Waals surface area (Å²) in [7, 11) is 0. The van der Waals surface area contributed by atoms with Crippen molar-refractivity contribution in [3.8, 4) is 0 Å². The minimum atomic E-state index is 0.380. The Morgan fingerprint density at radius 1 is 1.23 bits per heavy atom. The van der Waals surface area contributed by atoms with Crippen molar-refractivity contribution < 1.29 is 5.21 Å². The maximum atomic E-state index is 8.50. The van der Waals surface area contributed by atoms with Gasteiger partial charge in [0.05, 0.1) is 12.2 Å². The van der Waals surface area contributed by atoms with E-state index in [4.69, 9.17) is 5.21 Å². The van der Waals surface area contributed by atoms with E-state index in [0.717, 1.165) is 16.5 Å². The van der Waals surface area contributed by atoms with Crippen LogP contribution < -0.4 is 5.48 Å². The molecular weight excluding hydrogens is 164 g/mol. The topological polar surface area (TPSA) is 45.1 Å². The molecule has 0 aliphatic heterocycles. The first-order chi connectivity index (χ1) is 6.40. The third-order valence-corrected chi connectivity index (χ3v) is 1.95. The fourth-order valence-electron chi connectivity index (χ4n) is 1.31. The highest BCUT2D eigenvalue weighted by molar-refractivity contribution is 5.81. The molecule has 1 aromatic heterocycles. The number of rotatable bonds is 2. The van der Waals surface area contributed by atoms with E-state index >= 15 is 0 Å². The minimum absolute atomic E-state index is 0.380. The number of hydrogen-bond acceptors (Lipinski definition) is 3. The van der Waals surface area contributed by atoms with Gasteiger partial charge in [-0.25, -0.2) is 0 Å². The predicted molar refractivity (Wildman–Crippen MR) is 50.4 cm³/mol. The molecule has 0 aliphatic carbocycles. The van der Waals surface area contributed by atoms with Crippen LogP contribution in [0, 0.1) is 0 Å². The fraction of sp³-hybridized carbons (Fsp3) is 0.100. The molecule has 0 saturated carbocycles. The largest absolute Gasteiger partial charge is 0.316 e. The first-order valence-corrected chi connectivity index (χ1v) is 4.11. The summed E-state index contributed by atoms with van der Waals surface area (Å²) >= 11 is 0. The molecule has 0 fully saturated rings. The van der Waals surface area contributed by atoms with Gasteiger partial charge in [0.15, 0.2) is 0 Å². The highest BCUT2D eigenvalue weighted by Gasteiger charge is 1.95. The summed E-state index contributed by atoms with van der Waals surface area (Å²) in [5.41, 5.74) is 2.92. The van der Waals surface area contributed by atoms with Gasteiger partial charge >= 0.3 is 0 Å². The molecule has 0 aliphatic rings. The molecule has 2 N–H and O–H groups in total. The van der Waals surface area contributed by atoms with Crippen molar-refractivity contribution in [3.63, 3.8) is 0 Å². The number of hydroxylamine groups is 1. The van der Waals surface area contributed by atoms with E-state index in [1.165, 1.54) is 0 Å². The SMILES string of the molecule is ONCc1cc2ccccc2cn1. The molecular formula is C10H10N2O. The van der Waals surface area contributed by atoms with Crippen molar-refractivity contribution in [1.82, 2.24) is 10.5 Å². The molecule has 1 aromatic carbocycles. The van der Waals surface area contributed by atoms with Crippen LogP contribution in [0.15, 0.2) is 36.5 Å². The number of benzene rings is 1. The van der Waals surface area contributed by atoms with Crippen molar-refractivity contribution in [1.29, 1.82) is 0 Å². The number of nitrogens with one attached hydrogen (secondary N) is 1. The molecule has 0 unspecified atom stereocenters. The molecule has 13 heavy (non-hydrogen) atoms. The average molecular weight is 174 g/mol. The van der Waals surface area contributed by atoms with Gasteiger partial charge in [0.25, 0.3) is 0 Å². The van der Waals surface area contributed by atoms with Crippen LogP contribution in [0.4, 0.5) is 0 Å². The fourth-order valence-corrected chi connectivity index (χ4v) is 1.31. The summed E-state index contributed by atoms with van der Waals surface area (Å²) in [5, 5.41) is 10.8. The van der Waals surface area contributed by atoms with E-state index in [9.17, 15) is 0 Å². The Labute approximate surface area is 76.0 Å². The lowest BCUT2D eigenvalue weighted by atomic mass is 10.1. The van der Waals surface area contributed by atoms with E-state index in [1.807, 2.05) is 36.5 Å². The lowest BCUT2D eigenvalue weighted by Gasteiger charge is -2.00. The second-order valence-corrected chi connectivity index (χ2v) is 2.86. The molecule has 2 aromatic rings. The van der Waals surface area contributed by atoms with E-state index in [-0.39, 0.29) is 0 Å². The van der Waals surface area contributed by atoms with Crippen molar-refractivity contribution in [3.05, 3.63) is 42.2 Å². The van der Waals surface area contributed by atoms with E-state index in [0.29, 0.717) is 6.54 Å². The van der Waals surface area contributed by atoms with Gasteiger partial charge in [0.1, 0.15) is 0 Å². The summed E-state index contributed by atoms with van der Waals surface area (Å²) in [4.78, 5) is 4.17. The number of hydrogen-bond donors (Lipinski definition) is 2. The molecule has 0 amide bonds. The van der Waals surface area contributed by atoms with Gasteiger partial charge in [0.2, 0.25) is 0 Å². The van der Waals surface area contributed by atoms with Crippen LogP contribution in [-0.4, -0.2) is 10.2 Å². The van der Waals surface area contributed by atoms with Crippen molar-refractivity contribution in [2.45, 2.75) is 6.54 Å². The maximum absolute atomic E-state index is 8.50. The van der Waals surface area contributed by atoms with Gasteiger partial charge in [-0.3, -0.25) is 4.98 Å². The van der Waals surface area contributed by atoms with Crippen LogP contribution in [0.25, 0.3) is 10.8 Å². The molecule has 66 valence electrons. The van der Waals surface area contributed by atoms with Crippen LogP contribution >= 0.6 is 0 Å². The van der Waals surface area contributed by atoms with Gasteiger partial charge in [0, 0.05) is 11.6 Å². The number of aromatic nitrogens is 1. The quantitative estimate of drug-likeness (QED) is 0.681. The van der Waals surface area contributed by atoms with E-state index in [2.05, 4.69) is 10.5 Å². The molecule has 1 heterocycles. The second kappa shape index (κ2) is 3.51. The lowest BCUT2D eigenvalue weighted by molar-refractivity contribution is 0.160. The van der Waals surface area contributed by atoms with Gasteiger partial charge < -0.3 is 5.21 Å². The first kappa shape index (κ1) is 8.16. The standard InChI is InChI=1S/C10H10N2O/c13-12-7-10-5-8-3-1-2-4-9(8)6-11-10/h1-6,12-13H,7H2. The zero-order valence-corrected chi connectivity index (χ0v) is 7.07. The smallest absolute Gasteiger partial charge is 0.0631 e. The average Bonchev–Trinajstić information content (AvgIpc) is 2.18. The van der Waals surface area contributed by atoms with E-state index < -0.39 is 0 Å². The predicted octanol–water partition coefficient (Wildman–Crippen LogP) is 1.71. The molecule has 0 radical (unpaired) electrons. The highest BCUT2D eigenvalue weighted by atomic mass is 16.5. The molecule has 3 nitrogen and oxygen atoms in total. The van der Waals surface area contributed by atoms with Crippen LogP contribution in [0.2, 0.25) is 0 Å². The summed E-state index contributed by atoms with van der Waals surface area (Å²) < 4.78 is 0. The Morgan fingerprint density at radius 3 is 2.77 bits per heavy atom. The summed E-state index contributed by atoms with van der Waals surface area (Å²) in [6.45, 7) is 0.380. The Balaban J connectivity index is 2.49. The monoisotopic (exact) mass is 174 g/mol.